The number of halogens is 1. The largest absolute Gasteiger partial charge is 0.493 e. The number of rotatable bonds is 7. The highest BCUT2D eigenvalue weighted by atomic mass is 79.9. The summed E-state index contributed by atoms with van der Waals surface area (Å²) in [5, 5.41) is 4.12. The number of methoxy groups -OCH3 is 1. The van der Waals surface area contributed by atoms with Crippen molar-refractivity contribution in [3.63, 3.8) is 0 Å². The zero-order valence-corrected chi connectivity index (χ0v) is 21.2. The molecule has 0 atom stereocenters. The molecule has 2 aliphatic carbocycles. The van der Waals surface area contributed by atoms with Crippen LogP contribution < -0.4 is 14.8 Å². The van der Waals surface area contributed by atoms with Gasteiger partial charge in [-0.2, -0.15) is 0 Å². The number of fused-ring (bicyclic) bond motifs is 1. The van der Waals surface area contributed by atoms with Crippen LogP contribution in [0.15, 0.2) is 21.6 Å². The van der Waals surface area contributed by atoms with Crippen LogP contribution in [0, 0.1) is 0 Å². The van der Waals surface area contributed by atoms with Gasteiger partial charge in [-0.15, -0.1) is 11.3 Å². The van der Waals surface area contributed by atoms with Crippen molar-refractivity contribution >= 4 is 44.4 Å². The number of benzene rings is 1. The van der Waals surface area contributed by atoms with Gasteiger partial charge in [-0.05, 0) is 84.6 Å². The first-order valence-electron chi connectivity index (χ1n) is 11.6. The number of aryl methyl sites for hydroxylation is 1. The highest BCUT2D eigenvalue weighted by Crippen LogP contribution is 2.41. The van der Waals surface area contributed by atoms with Crippen LogP contribution in [0.4, 0.5) is 5.00 Å². The highest BCUT2D eigenvalue weighted by molar-refractivity contribution is 9.10. The smallest absolute Gasteiger partial charge is 0.254 e. The van der Waals surface area contributed by atoms with Crippen molar-refractivity contribution in [1.82, 2.24) is 5.32 Å². The van der Waals surface area contributed by atoms with Gasteiger partial charge in [0.2, 0.25) is 0 Å². The molecule has 5 nitrogen and oxygen atoms in total. The normalized spacial score (nSPS) is 16.7. The van der Waals surface area contributed by atoms with Gasteiger partial charge in [-0.25, -0.2) is 4.99 Å². The fourth-order valence-corrected chi connectivity index (χ4v) is 6.42. The van der Waals surface area contributed by atoms with E-state index in [0.717, 1.165) is 52.7 Å². The Morgan fingerprint density at radius 2 is 2.00 bits per heavy atom. The first-order valence-corrected chi connectivity index (χ1v) is 13.2. The zero-order chi connectivity index (χ0) is 22.5. The predicted molar refractivity (Wildman–Crippen MR) is 134 cm³/mol. The van der Waals surface area contributed by atoms with E-state index in [2.05, 4.69) is 21.2 Å². The summed E-state index contributed by atoms with van der Waals surface area (Å²) in [6.07, 6.45) is 12.0. The lowest BCUT2D eigenvalue weighted by atomic mass is 9.93. The number of nitrogens with zero attached hydrogens (tertiary/aromatic N) is 1. The number of amides is 1. The van der Waals surface area contributed by atoms with Crippen molar-refractivity contribution in [2.24, 2.45) is 4.99 Å². The lowest BCUT2D eigenvalue weighted by Gasteiger charge is -2.23. The maximum absolute atomic E-state index is 13.3. The van der Waals surface area contributed by atoms with Gasteiger partial charge in [0.05, 0.1) is 23.8 Å². The summed E-state index contributed by atoms with van der Waals surface area (Å²) in [5.41, 5.74) is 2.90. The number of thiophene rings is 1. The average Bonchev–Trinajstić information content (AvgIpc) is 3.18. The zero-order valence-electron chi connectivity index (χ0n) is 18.8. The van der Waals surface area contributed by atoms with Crippen LogP contribution in [0.5, 0.6) is 11.5 Å². The number of ether oxygens (including phenoxy) is 2. The monoisotopic (exact) mass is 518 g/mol. The maximum Gasteiger partial charge on any atom is 0.254 e. The Morgan fingerprint density at radius 3 is 2.75 bits per heavy atom. The molecule has 172 valence electrons. The summed E-state index contributed by atoms with van der Waals surface area (Å²) in [6, 6.07) is 4.17. The summed E-state index contributed by atoms with van der Waals surface area (Å²) in [7, 11) is 1.63. The molecule has 4 rings (SSSR count). The molecule has 1 amide bonds. The molecule has 0 spiro atoms. The van der Waals surface area contributed by atoms with Crippen LogP contribution in [0.3, 0.4) is 0 Å². The lowest BCUT2D eigenvalue weighted by Crippen LogP contribution is -2.36. The molecule has 0 aliphatic heterocycles. The van der Waals surface area contributed by atoms with Gasteiger partial charge in [-0.3, -0.25) is 4.79 Å². The summed E-state index contributed by atoms with van der Waals surface area (Å²) in [6.45, 7) is 2.50. The van der Waals surface area contributed by atoms with Gasteiger partial charge in [0.25, 0.3) is 5.91 Å². The summed E-state index contributed by atoms with van der Waals surface area (Å²) < 4.78 is 12.0. The molecule has 1 N–H and O–H groups in total. The maximum atomic E-state index is 13.3. The topological polar surface area (TPSA) is 59.9 Å². The fraction of sp³-hybridized carbons (Fsp3) is 0.520. The third kappa shape index (κ3) is 5.20. The number of hydrogen-bond acceptors (Lipinski definition) is 5. The van der Waals surface area contributed by atoms with Crippen LogP contribution in [0.1, 0.15) is 78.2 Å². The van der Waals surface area contributed by atoms with E-state index in [1.165, 1.54) is 36.1 Å². The quantitative estimate of drug-likeness (QED) is 0.419. The first-order chi connectivity index (χ1) is 15.6. The van der Waals surface area contributed by atoms with Gasteiger partial charge in [-0.1, -0.05) is 19.3 Å². The second-order valence-electron chi connectivity index (χ2n) is 8.42. The Bertz CT molecular complexity index is 996. The molecule has 7 heteroatoms. The Kier molecular flexibility index (Phi) is 7.89. The minimum absolute atomic E-state index is 0.0499. The molecule has 32 heavy (non-hydrogen) atoms. The highest BCUT2D eigenvalue weighted by Gasteiger charge is 2.27. The van der Waals surface area contributed by atoms with E-state index >= 15 is 0 Å². The summed E-state index contributed by atoms with van der Waals surface area (Å²) in [4.78, 5) is 19.5. The molecule has 1 aromatic carbocycles. The molecule has 0 radical (unpaired) electrons. The third-order valence-electron chi connectivity index (χ3n) is 6.19. The van der Waals surface area contributed by atoms with Crippen molar-refractivity contribution in [3.8, 4) is 11.5 Å². The first kappa shape index (κ1) is 23.3. The van der Waals surface area contributed by atoms with Crippen molar-refractivity contribution in [3.05, 3.63) is 38.2 Å². The van der Waals surface area contributed by atoms with E-state index in [9.17, 15) is 4.79 Å². The molecule has 2 aromatic rings. The molecule has 1 fully saturated rings. The van der Waals surface area contributed by atoms with Gasteiger partial charge >= 0.3 is 0 Å². The van der Waals surface area contributed by atoms with Gasteiger partial charge in [0, 0.05) is 17.1 Å². The number of hydrogen-bond donors (Lipinski definition) is 1. The van der Waals surface area contributed by atoms with Gasteiger partial charge < -0.3 is 14.8 Å². The Balaban J connectivity index is 1.63. The number of carbonyl (C=O) groups excluding carboxylic acids is 1. The Labute approximate surface area is 202 Å². The van der Waals surface area contributed by atoms with E-state index in [4.69, 9.17) is 14.5 Å². The standard InChI is InChI=1S/C25H31BrN2O3S/c1-3-31-23-19(26)13-16(14-20(23)30-2)15-27-25-22(18-11-7-8-12-21(18)32-25)24(29)28-17-9-5-4-6-10-17/h13-15,17H,3-12H2,1-2H3,(H,28,29)/b27-15+. The fourth-order valence-electron chi connectivity index (χ4n) is 4.61. The van der Waals surface area contributed by atoms with E-state index < -0.39 is 0 Å². The second-order valence-corrected chi connectivity index (χ2v) is 10.4. The predicted octanol–water partition coefficient (Wildman–Crippen LogP) is 6.61. The molecule has 1 aromatic heterocycles. The van der Waals surface area contributed by atoms with Crippen LogP contribution >= 0.6 is 27.3 Å². The lowest BCUT2D eigenvalue weighted by molar-refractivity contribution is 0.0927. The summed E-state index contributed by atoms with van der Waals surface area (Å²) in [5.74, 6) is 1.39. The van der Waals surface area contributed by atoms with E-state index in [0.29, 0.717) is 24.1 Å². The van der Waals surface area contributed by atoms with Crippen LogP contribution in [0.2, 0.25) is 0 Å². The van der Waals surface area contributed by atoms with E-state index in [1.54, 1.807) is 18.4 Å². The minimum atomic E-state index is 0.0499. The van der Waals surface area contributed by atoms with E-state index in [-0.39, 0.29) is 5.91 Å². The average molecular weight is 520 g/mol. The Morgan fingerprint density at radius 1 is 1.22 bits per heavy atom. The van der Waals surface area contributed by atoms with Crippen molar-refractivity contribution in [2.45, 2.75) is 70.8 Å². The number of aliphatic imine (C=N–C) groups is 1. The van der Waals surface area contributed by atoms with Crippen molar-refractivity contribution < 1.29 is 14.3 Å². The van der Waals surface area contributed by atoms with Crippen LogP contribution in [-0.4, -0.2) is 31.9 Å². The number of nitrogens with one attached hydrogen (secondary N) is 1. The molecular formula is C25H31BrN2O3S. The molecule has 0 unspecified atom stereocenters. The molecule has 2 aliphatic rings. The molecule has 0 saturated heterocycles. The molecular weight excluding hydrogens is 488 g/mol. The van der Waals surface area contributed by atoms with E-state index in [1.807, 2.05) is 25.3 Å². The van der Waals surface area contributed by atoms with Gasteiger partial charge in [0.15, 0.2) is 11.5 Å². The van der Waals surface area contributed by atoms with Gasteiger partial charge in [0.1, 0.15) is 5.00 Å². The molecule has 0 bridgehead atoms. The summed E-state index contributed by atoms with van der Waals surface area (Å²) >= 11 is 5.25. The third-order valence-corrected chi connectivity index (χ3v) is 7.98. The minimum Gasteiger partial charge on any atom is -0.493 e. The van der Waals surface area contributed by atoms with Crippen molar-refractivity contribution in [1.29, 1.82) is 0 Å². The van der Waals surface area contributed by atoms with Crippen molar-refractivity contribution in [2.75, 3.05) is 13.7 Å². The number of carbonyl (C=O) groups is 1. The van der Waals surface area contributed by atoms with Crippen LogP contribution in [0.25, 0.3) is 0 Å². The van der Waals surface area contributed by atoms with Crippen LogP contribution in [-0.2, 0) is 12.8 Å². The second kappa shape index (κ2) is 10.8. The molecule has 1 saturated carbocycles. The Hall–Kier alpha value is -1.86. The molecule has 1 heterocycles. The SMILES string of the molecule is CCOc1c(Br)cc(/C=N/c2sc3c(c2C(=O)NC2CCCCC2)CCCC3)cc1OC.